The Hall–Kier alpha value is -4.73. The molecule has 0 aliphatic heterocycles. The quantitative estimate of drug-likeness (QED) is 0.278. The molecular formula is C30H33N3O7. The van der Waals surface area contributed by atoms with E-state index in [1.807, 2.05) is 32.0 Å². The molecule has 210 valence electrons. The molecule has 1 amide bonds. The minimum atomic E-state index is -0.548. The molecule has 3 aromatic carbocycles. The Kier molecular flexibility index (Phi) is 9.11. The first-order valence-corrected chi connectivity index (χ1v) is 13.0. The normalized spacial score (nSPS) is 10.8. The zero-order valence-electron chi connectivity index (χ0n) is 23.0. The lowest BCUT2D eigenvalue weighted by atomic mass is 10.1. The Morgan fingerprint density at radius 1 is 0.825 bits per heavy atom. The first kappa shape index (κ1) is 28.3. The Labute approximate surface area is 231 Å². The summed E-state index contributed by atoms with van der Waals surface area (Å²) >= 11 is 0. The van der Waals surface area contributed by atoms with Gasteiger partial charge in [0.15, 0.2) is 23.0 Å². The average Bonchev–Trinajstić information content (AvgIpc) is 2.96. The van der Waals surface area contributed by atoms with Gasteiger partial charge in [0.05, 0.1) is 44.9 Å². The SMILES string of the molecule is CCOc1ccc(CCNC(=O)c2ccc(Cn3c(=O)[nH]c4cc(OC)c(OC)cc4c3=O)cc2)cc1OCC. The summed E-state index contributed by atoms with van der Waals surface area (Å²) in [6.07, 6.45) is 0.626. The van der Waals surface area contributed by atoms with Crippen molar-refractivity contribution in [1.82, 2.24) is 14.9 Å². The van der Waals surface area contributed by atoms with Gasteiger partial charge < -0.3 is 29.2 Å². The van der Waals surface area contributed by atoms with Crippen LogP contribution in [0.2, 0.25) is 0 Å². The largest absolute Gasteiger partial charge is 0.493 e. The molecule has 1 heterocycles. The van der Waals surface area contributed by atoms with Crippen LogP contribution in [-0.4, -0.2) is 49.4 Å². The van der Waals surface area contributed by atoms with Gasteiger partial charge in [-0.25, -0.2) is 4.79 Å². The topological polar surface area (TPSA) is 121 Å². The molecule has 0 fully saturated rings. The van der Waals surface area contributed by atoms with E-state index in [9.17, 15) is 14.4 Å². The summed E-state index contributed by atoms with van der Waals surface area (Å²) in [6.45, 7) is 5.40. The van der Waals surface area contributed by atoms with Crippen LogP contribution < -0.4 is 35.5 Å². The maximum Gasteiger partial charge on any atom is 0.329 e. The van der Waals surface area contributed by atoms with Gasteiger partial charge in [-0.1, -0.05) is 18.2 Å². The van der Waals surface area contributed by atoms with E-state index in [-0.39, 0.29) is 12.5 Å². The number of nitrogens with one attached hydrogen (secondary N) is 2. The lowest BCUT2D eigenvalue weighted by Crippen LogP contribution is -2.35. The van der Waals surface area contributed by atoms with Crippen molar-refractivity contribution in [3.05, 3.63) is 92.1 Å². The first-order valence-electron chi connectivity index (χ1n) is 13.0. The van der Waals surface area contributed by atoms with Crippen LogP contribution >= 0.6 is 0 Å². The van der Waals surface area contributed by atoms with E-state index in [1.54, 1.807) is 36.4 Å². The van der Waals surface area contributed by atoms with Crippen molar-refractivity contribution in [3.8, 4) is 23.0 Å². The lowest BCUT2D eigenvalue weighted by Gasteiger charge is -2.13. The zero-order valence-corrected chi connectivity index (χ0v) is 23.0. The molecule has 0 saturated heterocycles. The van der Waals surface area contributed by atoms with Gasteiger partial charge in [0.25, 0.3) is 11.5 Å². The molecule has 4 rings (SSSR count). The highest BCUT2D eigenvalue weighted by Gasteiger charge is 2.14. The molecule has 0 unspecified atom stereocenters. The summed E-state index contributed by atoms with van der Waals surface area (Å²) < 4.78 is 22.9. The monoisotopic (exact) mass is 547 g/mol. The number of aromatic nitrogens is 2. The third-order valence-corrected chi connectivity index (χ3v) is 6.35. The van der Waals surface area contributed by atoms with Gasteiger partial charge in [-0.2, -0.15) is 0 Å². The highest BCUT2D eigenvalue weighted by Crippen LogP contribution is 2.30. The minimum absolute atomic E-state index is 0.0419. The van der Waals surface area contributed by atoms with Gasteiger partial charge in [-0.15, -0.1) is 0 Å². The average molecular weight is 548 g/mol. The Morgan fingerprint density at radius 2 is 1.48 bits per heavy atom. The molecule has 0 atom stereocenters. The van der Waals surface area contributed by atoms with E-state index in [4.69, 9.17) is 18.9 Å². The number of nitrogens with zero attached hydrogens (tertiary/aromatic N) is 1. The fraction of sp³-hybridized carbons (Fsp3) is 0.300. The molecule has 10 heteroatoms. The van der Waals surface area contributed by atoms with Crippen LogP contribution in [0.4, 0.5) is 0 Å². The smallest absolute Gasteiger partial charge is 0.329 e. The van der Waals surface area contributed by atoms with Crippen LogP contribution in [0, 0.1) is 0 Å². The van der Waals surface area contributed by atoms with Crippen LogP contribution in [0.3, 0.4) is 0 Å². The van der Waals surface area contributed by atoms with Gasteiger partial charge >= 0.3 is 5.69 Å². The number of ether oxygens (including phenoxy) is 4. The van der Waals surface area contributed by atoms with Gasteiger partial charge in [0, 0.05) is 18.2 Å². The van der Waals surface area contributed by atoms with Crippen LogP contribution in [0.25, 0.3) is 10.9 Å². The molecule has 10 nitrogen and oxygen atoms in total. The van der Waals surface area contributed by atoms with Gasteiger partial charge in [-0.05, 0) is 61.7 Å². The summed E-state index contributed by atoms with van der Waals surface area (Å²) in [7, 11) is 2.96. The number of methoxy groups -OCH3 is 2. The number of fused-ring (bicyclic) bond motifs is 1. The number of rotatable bonds is 12. The molecule has 0 saturated carbocycles. The Bertz CT molecular complexity index is 1610. The number of amides is 1. The number of benzene rings is 3. The maximum absolute atomic E-state index is 13.1. The number of carbonyl (C=O) groups is 1. The molecule has 0 aliphatic rings. The van der Waals surface area contributed by atoms with Crippen molar-refractivity contribution in [1.29, 1.82) is 0 Å². The standard InChI is InChI=1S/C30H33N3O7/c1-5-39-24-12-9-19(15-27(24)40-6-2)13-14-31-28(34)21-10-7-20(8-11-21)18-33-29(35)22-16-25(37-3)26(38-4)17-23(22)32-30(33)36/h7-12,15-17H,5-6,13-14,18H2,1-4H3,(H,31,34)(H,32,36). The molecule has 0 aliphatic carbocycles. The van der Waals surface area contributed by atoms with Crippen LogP contribution in [0.1, 0.15) is 35.3 Å². The number of hydrogen-bond acceptors (Lipinski definition) is 7. The summed E-state index contributed by atoms with van der Waals surface area (Å²) in [4.78, 5) is 41.2. The Balaban J connectivity index is 1.42. The van der Waals surface area contributed by atoms with Gasteiger partial charge in [0.2, 0.25) is 0 Å². The predicted octanol–water partition coefficient (Wildman–Crippen LogP) is 3.53. The second-order valence-corrected chi connectivity index (χ2v) is 8.92. The van der Waals surface area contributed by atoms with E-state index >= 15 is 0 Å². The second kappa shape index (κ2) is 12.9. The number of hydrogen-bond donors (Lipinski definition) is 2. The number of H-pyrrole nitrogens is 1. The first-order chi connectivity index (χ1) is 19.4. The van der Waals surface area contributed by atoms with E-state index in [2.05, 4.69) is 10.3 Å². The van der Waals surface area contributed by atoms with E-state index < -0.39 is 11.2 Å². The molecule has 0 bridgehead atoms. The second-order valence-electron chi connectivity index (χ2n) is 8.92. The van der Waals surface area contributed by atoms with E-state index in [0.29, 0.717) is 71.2 Å². The highest BCUT2D eigenvalue weighted by molar-refractivity contribution is 5.94. The van der Waals surface area contributed by atoms with Crippen LogP contribution in [-0.2, 0) is 13.0 Å². The van der Waals surface area contributed by atoms with Crippen molar-refractivity contribution in [2.45, 2.75) is 26.8 Å². The fourth-order valence-corrected chi connectivity index (χ4v) is 4.34. The van der Waals surface area contributed by atoms with Crippen molar-refractivity contribution >= 4 is 16.8 Å². The van der Waals surface area contributed by atoms with Crippen molar-refractivity contribution < 1.29 is 23.7 Å². The van der Waals surface area contributed by atoms with Crippen molar-refractivity contribution in [2.24, 2.45) is 0 Å². The summed E-state index contributed by atoms with van der Waals surface area (Å²) in [6, 6.07) is 15.6. The molecule has 4 aromatic rings. The van der Waals surface area contributed by atoms with E-state index in [1.165, 1.54) is 14.2 Å². The number of aromatic amines is 1. The molecule has 0 radical (unpaired) electrons. The molecule has 0 spiro atoms. The maximum atomic E-state index is 13.1. The third kappa shape index (κ3) is 6.28. The molecule has 40 heavy (non-hydrogen) atoms. The summed E-state index contributed by atoms with van der Waals surface area (Å²) in [5, 5.41) is 3.22. The summed E-state index contributed by atoms with van der Waals surface area (Å²) in [5.41, 5.74) is 1.54. The summed E-state index contributed by atoms with van der Waals surface area (Å²) in [5.74, 6) is 1.96. The molecule has 2 N–H and O–H groups in total. The lowest BCUT2D eigenvalue weighted by molar-refractivity contribution is 0.0954. The van der Waals surface area contributed by atoms with Crippen LogP contribution in [0.5, 0.6) is 23.0 Å². The molecular weight excluding hydrogens is 514 g/mol. The zero-order chi connectivity index (χ0) is 28.6. The van der Waals surface area contributed by atoms with Gasteiger partial charge in [-0.3, -0.25) is 14.2 Å². The van der Waals surface area contributed by atoms with Crippen LogP contribution in [0.15, 0.2) is 64.2 Å². The molecule has 1 aromatic heterocycles. The van der Waals surface area contributed by atoms with E-state index in [0.717, 1.165) is 10.1 Å². The highest BCUT2D eigenvalue weighted by atomic mass is 16.5. The van der Waals surface area contributed by atoms with Gasteiger partial charge in [0.1, 0.15) is 0 Å². The third-order valence-electron chi connectivity index (χ3n) is 6.35. The number of carbonyl (C=O) groups excluding carboxylic acids is 1. The minimum Gasteiger partial charge on any atom is -0.493 e. The van der Waals surface area contributed by atoms with Crippen molar-refractivity contribution in [3.63, 3.8) is 0 Å². The predicted molar refractivity (Wildman–Crippen MR) is 152 cm³/mol. The Morgan fingerprint density at radius 3 is 2.15 bits per heavy atom. The van der Waals surface area contributed by atoms with Crippen molar-refractivity contribution in [2.75, 3.05) is 34.0 Å². The fourth-order valence-electron chi connectivity index (χ4n) is 4.34.